The van der Waals surface area contributed by atoms with Crippen molar-refractivity contribution in [1.29, 1.82) is 0 Å². The molecule has 19 heavy (non-hydrogen) atoms. The van der Waals surface area contributed by atoms with Gasteiger partial charge in [0, 0.05) is 0 Å². The maximum atomic E-state index is 11.8. The molecule has 0 amide bonds. The first-order valence-electron chi connectivity index (χ1n) is 6.00. The Morgan fingerprint density at radius 3 is 2.21 bits per heavy atom. The number of halogens is 1. The lowest BCUT2D eigenvalue weighted by Crippen LogP contribution is -2.22. The van der Waals surface area contributed by atoms with Crippen LogP contribution in [0.1, 0.15) is 31.1 Å². The lowest BCUT2D eigenvalue weighted by Gasteiger charge is -2.14. The van der Waals surface area contributed by atoms with Crippen LogP contribution in [0.2, 0.25) is 0 Å². The van der Waals surface area contributed by atoms with E-state index in [0.717, 1.165) is 0 Å². The highest BCUT2D eigenvalue weighted by Crippen LogP contribution is 2.17. The summed E-state index contributed by atoms with van der Waals surface area (Å²) in [6.07, 6.45) is 0. The maximum Gasteiger partial charge on any atom is 0.338 e. The molecule has 4 nitrogen and oxygen atoms in total. The summed E-state index contributed by atoms with van der Waals surface area (Å²) in [4.78, 5) is 23.2. The van der Waals surface area contributed by atoms with Crippen molar-refractivity contribution in [2.45, 2.75) is 20.8 Å². The lowest BCUT2D eigenvalue weighted by atomic mass is 9.99. The number of benzene rings is 1. The number of rotatable bonds is 5. The van der Waals surface area contributed by atoms with Gasteiger partial charge in [0.25, 0.3) is 0 Å². The second-order valence-electron chi connectivity index (χ2n) is 4.52. The Morgan fingerprint density at radius 2 is 1.74 bits per heavy atom. The van der Waals surface area contributed by atoms with Gasteiger partial charge in [-0.15, -0.1) is 0 Å². The van der Waals surface area contributed by atoms with Gasteiger partial charge < -0.3 is 9.47 Å². The van der Waals surface area contributed by atoms with E-state index in [0.29, 0.717) is 15.9 Å². The van der Waals surface area contributed by atoms with Crippen LogP contribution in [0.25, 0.3) is 0 Å². The molecule has 0 aromatic heterocycles. The van der Waals surface area contributed by atoms with E-state index in [9.17, 15) is 9.59 Å². The second-order valence-corrected chi connectivity index (χ2v) is 5.14. The van der Waals surface area contributed by atoms with Crippen LogP contribution in [0, 0.1) is 11.8 Å². The number of alkyl halides is 1. The third-order valence-electron chi connectivity index (χ3n) is 2.87. The molecule has 1 rings (SSSR count). The Bertz CT molecular complexity index is 439. The van der Waals surface area contributed by atoms with Crippen molar-refractivity contribution >= 4 is 34.5 Å². The number of hydrogen-bond acceptors (Lipinski definition) is 4. The summed E-state index contributed by atoms with van der Waals surface area (Å²) in [6.45, 7) is 5.77. The molecule has 0 aliphatic heterocycles. The predicted molar refractivity (Wildman–Crippen MR) is 80.4 cm³/mol. The highest BCUT2D eigenvalue weighted by molar-refractivity contribution is 14.1. The van der Waals surface area contributed by atoms with Crippen molar-refractivity contribution in [3.8, 4) is 5.75 Å². The van der Waals surface area contributed by atoms with E-state index in [1.165, 1.54) is 0 Å². The quantitative estimate of drug-likeness (QED) is 0.342. The zero-order chi connectivity index (χ0) is 14.4. The highest BCUT2D eigenvalue weighted by Gasteiger charge is 2.19. The molecule has 5 heteroatoms. The minimum absolute atomic E-state index is 0.163. The molecule has 0 heterocycles. The van der Waals surface area contributed by atoms with Gasteiger partial charge in [0.1, 0.15) is 10.4 Å². The largest absolute Gasteiger partial charge is 0.451 e. The van der Waals surface area contributed by atoms with Crippen molar-refractivity contribution in [2.75, 3.05) is 4.61 Å². The predicted octanol–water partition coefficient (Wildman–Crippen LogP) is 3.43. The van der Waals surface area contributed by atoms with E-state index < -0.39 is 0 Å². The zero-order valence-electron chi connectivity index (χ0n) is 11.2. The fraction of sp³-hybridized carbons (Fsp3) is 0.429. The van der Waals surface area contributed by atoms with E-state index in [4.69, 9.17) is 9.47 Å². The molecular weight excluding hydrogens is 359 g/mol. The van der Waals surface area contributed by atoms with Gasteiger partial charge in [-0.3, -0.25) is 4.79 Å². The first kappa shape index (κ1) is 15.9. The van der Waals surface area contributed by atoms with Crippen molar-refractivity contribution in [3.05, 3.63) is 29.8 Å². The van der Waals surface area contributed by atoms with Crippen LogP contribution in [0.3, 0.4) is 0 Å². The van der Waals surface area contributed by atoms with Gasteiger partial charge in [-0.2, -0.15) is 0 Å². The van der Waals surface area contributed by atoms with Gasteiger partial charge in [0.05, 0.1) is 11.5 Å². The summed E-state index contributed by atoms with van der Waals surface area (Å²) in [5, 5.41) is 0. The molecule has 1 aromatic rings. The molecule has 0 saturated carbocycles. The third kappa shape index (κ3) is 4.81. The molecule has 0 bridgehead atoms. The Balaban J connectivity index is 2.67. The molecular formula is C14H17IO4. The molecule has 1 unspecified atom stereocenters. The second kappa shape index (κ2) is 7.47. The van der Waals surface area contributed by atoms with Crippen LogP contribution >= 0.6 is 22.6 Å². The minimum atomic E-state index is -0.386. The van der Waals surface area contributed by atoms with Crippen LogP contribution in [-0.4, -0.2) is 16.6 Å². The summed E-state index contributed by atoms with van der Waals surface area (Å²) in [5.41, 5.74) is 0.438. The standard InChI is InChI=1S/C14H17IO4/c1-9(2)10(3)13(16)19-12-6-4-11(5-7-12)14(17)18-8-15/h4-7,9-10H,8H2,1-3H3. The van der Waals surface area contributed by atoms with Crippen LogP contribution in [0.5, 0.6) is 5.75 Å². The third-order valence-corrected chi connectivity index (χ3v) is 3.18. The first-order valence-corrected chi connectivity index (χ1v) is 7.53. The van der Waals surface area contributed by atoms with E-state index >= 15 is 0 Å². The molecule has 0 radical (unpaired) electrons. The monoisotopic (exact) mass is 376 g/mol. The van der Waals surface area contributed by atoms with Gasteiger partial charge in [-0.05, 0) is 52.8 Å². The maximum absolute atomic E-state index is 11.8. The van der Waals surface area contributed by atoms with Gasteiger partial charge in [-0.25, -0.2) is 4.79 Å². The van der Waals surface area contributed by atoms with Crippen molar-refractivity contribution in [2.24, 2.45) is 11.8 Å². The van der Waals surface area contributed by atoms with Crippen LogP contribution in [0.4, 0.5) is 0 Å². The number of carbonyl (C=O) groups is 2. The molecule has 0 spiro atoms. The van der Waals surface area contributed by atoms with Gasteiger partial charge in [0.15, 0.2) is 0 Å². The molecule has 1 atom stereocenters. The Kier molecular flexibility index (Phi) is 6.27. The SMILES string of the molecule is CC(C)C(C)C(=O)Oc1ccc(C(=O)OCI)cc1. The summed E-state index contributed by atoms with van der Waals surface area (Å²) < 4.78 is 10.4. The molecule has 0 fully saturated rings. The van der Waals surface area contributed by atoms with E-state index in [1.807, 2.05) is 43.4 Å². The fourth-order valence-corrected chi connectivity index (χ4v) is 1.56. The first-order chi connectivity index (χ1) is 8.95. The van der Waals surface area contributed by atoms with Crippen molar-refractivity contribution < 1.29 is 19.1 Å². The summed E-state index contributed by atoms with van der Waals surface area (Å²) in [6, 6.07) is 6.35. The molecule has 0 aliphatic rings. The Hall–Kier alpha value is -1.11. The highest BCUT2D eigenvalue weighted by atomic mass is 127. The number of hydrogen-bond donors (Lipinski definition) is 0. The molecule has 104 valence electrons. The normalized spacial score (nSPS) is 12.1. The van der Waals surface area contributed by atoms with E-state index in [1.54, 1.807) is 24.3 Å². The van der Waals surface area contributed by atoms with Gasteiger partial charge >= 0.3 is 11.9 Å². The van der Waals surface area contributed by atoms with Crippen molar-refractivity contribution in [3.63, 3.8) is 0 Å². The number of carbonyl (C=O) groups excluding carboxylic acids is 2. The summed E-state index contributed by atoms with van der Waals surface area (Å²) in [7, 11) is 0. The van der Waals surface area contributed by atoms with Crippen molar-refractivity contribution in [1.82, 2.24) is 0 Å². The fourth-order valence-electron chi connectivity index (χ4n) is 1.27. The lowest BCUT2D eigenvalue weighted by molar-refractivity contribution is -0.139. The topological polar surface area (TPSA) is 52.6 Å². The summed E-state index contributed by atoms with van der Waals surface area (Å²) in [5.74, 6) is -0.155. The van der Waals surface area contributed by atoms with E-state index in [2.05, 4.69) is 0 Å². The number of esters is 2. The smallest absolute Gasteiger partial charge is 0.338 e. The Morgan fingerprint density at radius 1 is 1.16 bits per heavy atom. The molecule has 0 saturated heterocycles. The zero-order valence-corrected chi connectivity index (χ0v) is 13.3. The van der Waals surface area contributed by atoms with Crippen LogP contribution in [0.15, 0.2) is 24.3 Å². The van der Waals surface area contributed by atoms with Gasteiger partial charge in [-0.1, -0.05) is 20.8 Å². The van der Waals surface area contributed by atoms with Crippen LogP contribution < -0.4 is 4.74 Å². The molecule has 0 aliphatic carbocycles. The van der Waals surface area contributed by atoms with E-state index in [-0.39, 0.29) is 23.8 Å². The average molecular weight is 376 g/mol. The average Bonchev–Trinajstić information content (AvgIpc) is 2.38. The molecule has 0 N–H and O–H groups in total. The number of ether oxygens (including phenoxy) is 2. The molecule has 1 aromatic carbocycles. The van der Waals surface area contributed by atoms with Crippen LogP contribution in [-0.2, 0) is 9.53 Å². The minimum Gasteiger partial charge on any atom is -0.451 e. The van der Waals surface area contributed by atoms with Gasteiger partial charge in [0.2, 0.25) is 0 Å². The summed E-state index contributed by atoms with van der Waals surface area (Å²) >= 11 is 1.95. The Labute approximate surface area is 126 Å².